The van der Waals surface area contributed by atoms with Gasteiger partial charge in [0, 0.05) is 10.9 Å². The Morgan fingerprint density at radius 3 is 2.55 bits per heavy atom. The summed E-state index contributed by atoms with van der Waals surface area (Å²) in [4.78, 5) is 10.8. The van der Waals surface area contributed by atoms with Crippen molar-refractivity contribution in [3.8, 4) is 0 Å². The molecule has 0 fully saturated rings. The second-order valence-corrected chi connectivity index (χ2v) is 2.97. The molecular weight excluding hydrogens is 227 g/mol. The van der Waals surface area contributed by atoms with Gasteiger partial charge in [-0.2, -0.15) is 0 Å². The Bertz CT molecular complexity index is 273. The van der Waals surface area contributed by atoms with Crippen LogP contribution in [-0.4, -0.2) is 5.24 Å². The molecule has 0 N–H and O–H groups in total. The number of carbonyl (C=O) groups excluding carboxylic acids is 1. The lowest BCUT2D eigenvalue weighted by Gasteiger charge is -1.99. The second-order valence-electron chi connectivity index (χ2n) is 2.06. The summed E-state index contributed by atoms with van der Waals surface area (Å²) in [6.45, 7) is 0. The number of alkyl halides is 1. The number of carbonyl (C=O) groups is 1. The van der Waals surface area contributed by atoms with Crippen LogP contribution in [0.1, 0.15) is 15.9 Å². The summed E-state index contributed by atoms with van der Waals surface area (Å²) < 4.78 is 0. The van der Waals surface area contributed by atoms with Crippen LogP contribution in [0.15, 0.2) is 24.3 Å². The highest BCUT2D eigenvalue weighted by Crippen LogP contribution is 2.14. The molecule has 0 saturated carbocycles. The van der Waals surface area contributed by atoms with E-state index in [0.29, 0.717) is 10.9 Å². The zero-order valence-corrected chi connectivity index (χ0v) is 8.02. The predicted octanol–water partition coefficient (Wildman–Crippen LogP) is 2.96. The monoisotopic (exact) mass is 232 g/mol. The second kappa shape index (κ2) is 3.88. The standard InChI is InChI=1S/C8H6BrClO/c9-5-6-3-1-2-4-7(6)8(10)11/h1-4H,5H2. The molecule has 0 aromatic heterocycles. The summed E-state index contributed by atoms with van der Waals surface area (Å²) in [6, 6.07) is 7.25. The van der Waals surface area contributed by atoms with Gasteiger partial charge in [0.15, 0.2) is 0 Å². The smallest absolute Gasteiger partial charge is 0.252 e. The average Bonchev–Trinajstić information content (AvgIpc) is 2.04. The minimum atomic E-state index is -0.403. The summed E-state index contributed by atoms with van der Waals surface area (Å²) in [5, 5.41) is 0.252. The van der Waals surface area contributed by atoms with Gasteiger partial charge in [0.1, 0.15) is 0 Å². The van der Waals surface area contributed by atoms with E-state index in [9.17, 15) is 4.79 Å². The van der Waals surface area contributed by atoms with Crippen molar-refractivity contribution in [2.75, 3.05) is 0 Å². The first-order chi connectivity index (χ1) is 5.25. The summed E-state index contributed by atoms with van der Waals surface area (Å²) in [5.41, 5.74) is 1.50. The molecule has 0 bridgehead atoms. The number of halogens is 2. The van der Waals surface area contributed by atoms with E-state index in [-0.39, 0.29) is 0 Å². The molecule has 0 unspecified atom stereocenters. The van der Waals surface area contributed by atoms with Gasteiger partial charge >= 0.3 is 0 Å². The van der Waals surface area contributed by atoms with Gasteiger partial charge in [-0.3, -0.25) is 4.79 Å². The highest BCUT2D eigenvalue weighted by atomic mass is 79.9. The lowest BCUT2D eigenvalue weighted by molar-refractivity contribution is 0.108. The van der Waals surface area contributed by atoms with Crippen LogP contribution in [-0.2, 0) is 5.33 Å². The Hall–Kier alpha value is -0.340. The molecule has 1 aromatic carbocycles. The van der Waals surface area contributed by atoms with Crippen molar-refractivity contribution in [2.24, 2.45) is 0 Å². The fourth-order valence-corrected chi connectivity index (χ4v) is 1.50. The van der Waals surface area contributed by atoms with Crippen LogP contribution in [0.4, 0.5) is 0 Å². The molecule has 0 atom stereocenters. The van der Waals surface area contributed by atoms with E-state index in [4.69, 9.17) is 11.6 Å². The summed E-state index contributed by atoms with van der Waals surface area (Å²) in [6.07, 6.45) is 0. The first kappa shape index (κ1) is 8.75. The number of hydrogen-bond acceptors (Lipinski definition) is 1. The lowest BCUT2D eigenvalue weighted by Crippen LogP contribution is -1.93. The SMILES string of the molecule is O=C(Cl)c1ccccc1CBr. The first-order valence-corrected chi connectivity index (χ1v) is 4.59. The Kier molecular flexibility index (Phi) is 3.09. The third-order valence-corrected chi connectivity index (χ3v) is 2.18. The third kappa shape index (κ3) is 2.04. The normalized spacial score (nSPS) is 9.64. The third-order valence-electron chi connectivity index (χ3n) is 1.37. The van der Waals surface area contributed by atoms with Gasteiger partial charge in [0.25, 0.3) is 5.24 Å². The van der Waals surface area contributed by atoms with E-state index in [1.807, 2.05) is 12.1 Å². The maximum absolute atomic E-state index is 10.8. The first-order valence-electron chi connectivity index (χ1n) is 3.09. The molecule has 1 nitrogen and oxygen atoms in total. The van der Waals surface area contributed by atoms with Crippen molar-refractivity contribution >= 4 is 32.8 Å². The molecule has 0 amide bonds. The molecule has 3 heteroatoms. The van der Waals surface area contributed by atoms with Crippen LogP contribution in [0, 0.1) is 0 Å². The van der Waals surface area contributed by atoms with Gasteiger partial charge in [-0.05, 0) is 23.2 Å². The molecule has 58 valence electrons. The van der Waals surface area contributed by atoms with Crippen molar-refractivity contribution < 1.29 is 4.79 Å². The molecule has 11 heavy (non-hydrogen) atoms. The summed E-state index contributed by atoms with van der Waals surface area (Å²) in [7, 11) is 0. The number of benzene rings is 1. The fourth-order valence-electron chi connectivity index (χ4n) is 0.829. The summed E-state index contributed by atoms with van der Waals surface area (Å²) in [5.74, 6) is 0. The molecule has 0 spiro atoms. The molecule has 1 aromatic rings. The quantitative estimate of drug-likeness (QED) is 0.567. The van der Waals surface area contributed by atoms with E-state index < -0.39 is 5.24 Å². The van der Waals surface area contributed by atoms with E-state index >= 15 is 0 Å². The summed E-state index contributed by atoms with van der Waals surface area (Å²) >= 11 is 8.59. The fraction of sp³-hybridized carbons (Fsp3) is 0.125. The van der Waals surface area contributed by atoms with Crippen LogP contribution < -0.4 is 0 Å². The molecule has 0 heterocycles. The van der Waals surface area contributed by atoms with Gasteiger partial charge < -0.3 is 0 Å². The van der Waals surface area contributed by atoms with Crippen molar-refractivity contribution in [3.63, 3.8) is 0 Å². The van der Waals surface area contributed by atoms with Gasteiger partial charge in [0.05, 0.1) is 0 Å². The molecular formula is C8H6BrClO. The average molecular weight is 233 g/mol. The van der Waals surface area contributed by atoms with Crippen LogP contribution in [0.2, 0.25) is 0 Å². The van der Waals surface area contributed by atoms with Crippen LogP contribution in [0.5, 0.6) is 0 Å². The van der Waals surface area contributed by atoms with Crippen LogP contribution >= 0.6 is 27.5 Å². The Morgan fingerprint density at radius 1 is 1.45 bits per heavy atom. The van der Waals surface area contributed by atoms with E-state index in [1.54, 1.807) is 12.1 Å². The van der Waals surface area contributed by atoms with Gasteiger partial charge in [-0.15, -0.1) is 0 Å². The molecule has 0 aliphatic carbocycles. The molecule has 1 rings (SSSR count). The maximum atomic E-state index is 10.8. The molecule has 0 saturated heterocycles. The Morgan fingerprint density at radius 2 is 2.09 bits per heavy atom. The topological polar surface area (TPSA) is 17.1 Å². The van der Waals surface area contributed by atoms with Gasteiger partial charge in [0.2, 0.25) is 0 Å². The van der Waals surface area contributed by atoms with Crippen LogP contribution in [0.3, 0.4) is 0 Å². The lowest BCUT2D eigenvalue weighted by atomic mass is 10.1. The van der Waals surface area contributed by atoms with Crippen molar-refractivity contribution in [1.29, 1.82) is 0 Å². The highest BCUT2D eigenvalue weighted by molar-refractivity contribution is 9.08. The zero-order chi connectivity index (χ0) is 8.27. The van der Waals surface area contributed by atoms with E-state index in [2.05, 4.69) is 15.9 Å². The van der Waals surface area contributed by atoms with E-state index in [0.717, 1.165) is 5.56 Å². The molecule has 0 radical (unpaired) electrons. The minimum Gasteiger partial charge on any atom is -0.276 e. The number of hydrogen-bond donors (Lipinski definition) is 0. The predicted molar refractivity (Wildman–Crippen MR) is 49.3 cm³/mol. The zero-order valence-electron chi connectivity index (χ0n) is 5.68. The van der Waals surface area contributed by atoms with Crippen LogP contribution in [0.25, 0.3) is 0 Å². The Balaban J connectivity index is 3.12. The van der Waals surface area contributed by atoms with Gasteiger partial charge in [-0.25, -0.2) is 0 Å². The molecule has 0 aliphatic heterocycles. The van der Waals surface area contributed by atoms with Crippen molar-refractivity contribution in [2.45, 2.75) is 5.33 Å². The minimum absolute atomic E-state index is 0.403. The number of rotatable bonds is 2. The van der Waals surface area contributed by atoms with Crippen molar-refractivity contribution in [3.05, 3.63) is 35.4 Å². The van der Waals surface area contributed by atoms with Gasteiger partial charge in [-0.1, -0.05) is 34.1 Å². The molecule has 0 aliphatic rings. The van der Waals surface area contributed by atoms with E-state index in [1.165, 1.54) is 0 Å². The highest BCUT2D eigenvalue weighted by Gasteiger charge is 2.05. The largest absolute Gasteiger partial charge is 0.276 e. The van der Waals surface area contributed by atoms with Crippen molar-refractivity contribution in [1.82, 2.24) is 0 Å². The Labute approximate surface area is 78.5 Å². The maximum Gasteiger partial charge on any atom is 0.252 e.